The molecule has 0 aliphatic rings. The monoisotopic (exact) mass is 280 g/mol. The van der Waals surface area contributed by atoms with Gasteiger partial charge in [0, 0.05) is 5.39 Å². The van der Waals surface area contributed by atoms with Gasteiger partial charge >= 0.3 is 0 Å². The van der Waals surface area contributed by atoms with Gasteiger partial charge in [-0.2, -0.15) is 0 Å². The zero-order valence-corrected chi connectivity index (χ0v) is 11.9. The van der Waals surface area contributed by atoms with Crippen LogP contribution in [0.1, 0.15) is 24.2 Å². The van der Waals surface area contributed by atoms with Crippen molar-refractivity contribution >= 4 is 10.9 Å². The van der Waals surface area contributed by atoms with E-state index in [2.05, 4.69) is 11.4 Å². The van der Waals surface area contributed by atoms with Crippen LogP contribution in [-0.4, -0.2) is 11.5 Å². The minimum Gasteiger partial charge on any atom is -0.305 e. The van der Waals surface area contributed by atoms with Crippen LogP contribution in [0.4, 0.5) is 4.39 Å². The van der Waals surface area contributed by atoms with Crippen molar-refractivity contribution in [2.75, 3.05) is 6.54 Å². The summed E-state index contributed by atoms with van der Waals surface area (Å²) in [5, 5.41) is 4.49. The lowest BCUT2D eigenvalue weighted by Crippen LogP contribution is -2.23. The van der Waals surface area contributed by atoms with Gasteiger partial charge in [-0.25, -0.2) is 4.39 Å². The third-order valence-electron chi connectivity index (χ3n) is 3.51. The summed E-state index contributed by atoms with van der Waals surface area (Å²) in [6.45, 7) is 2.82. The summed E-state index contributed by atoms with van der Waals surface area (Å²) in [4.78, 5) is 4.72. The van der Waals surface area contributed by atoms with Gasteiger partial charge in [-0.1, -0.05) is 43.3 Å². The van der Waals surface area contributed by atoms with Gasteiger partial charge in [0.25, 0.3) is 0 Å². The fraction of sp³-hybridized carbons (Fsp3) is 0.167. The Hall–Kier alpha value is -2.26. The normalized spacial score (nSPS) is 12.5. The molecule has 0 fully saturated rings. The molecular weight excluding hydrogens is 263 g/mol. The Morgan fingerprint density at radius 2 is 1.90 bits per heavy atom. The van der Waals surface area contributed by atoms with Gasteiger partial charge in [-0.05, 0) is 36.4 Å². The van der Waals surface area contributed by atoms with Crippen LogP contribution in [0, 0.1) is 5.82 Å². The molecule has 0 saturated carbocycles. The minimum atomic E-state index is -0.226. The van der Waals surface area contributed by atoms with Crippen LogP contribution in [0.15, 0.2) is 60.7 Å². The van der Waals surface area contributed by atoms with Gasteiger partial charge in [-0.3, -0.25) is 4.98 Å². The fourth-order valence-electron chi connectivity index (χ4n) is 2.53. The Bertz CT molecular complexity index is 755. The van der Waals surface area contributed by atoms with Crippen LogP contribution < -0.4 is 5.32 Å². The zero-order chi connectivity index (χ0) is 14.7. The van der Waals surface area contributed by atoms with Gasteiger partial charge in [0.15, 0.2) is 0 Å². The molecule has 0 aliphatic heterocycles. The predicted octanol–water partition coefficient (Wildman–Crippen LogP) is 4.07. The van der Waals surface area contributed by atoms with E-state index in [-0.39, 0.29) is 11.9 Å². The molecule has 3 aromatic rings. The number of nitrogens with one attached hydrogen (secondary N) is 1. The van der Waals surface area contributed by atoms with E-state index in [1.165, 1.54) is 6.07 Å². The van der Waals surface area contributed by atoms with Crippen molar-refractivity contribution in [2.45, 2.75) is 13.0 Å². The number of fused-ring (bicyclic) bond motifs is 1. The summed E-state index contributed by atoms with van der Waals surface area (Å²) < 4.78 is 13.5. The first-order valence-electron chi connectivity index (χ1n) is 7.12. The lowest BCUT2D eigenvalue weighted by Gasteiger charge is -2.18. The van der Waals surface area contributed by atoms with Crippen molar-refractivity contribution in [3.05, 3.63) is 77.7 Å². The van der Waals surface area contributed by atoms with Crippen molar-refractivity contribution < 1.29 is 4.39 Å². The second kappa shape index (κ2) is 6.02. The maximum atomic E-state index is 13.5. The number of nitrogens with zero attached hydrogens (tertiary/aromatic N) is 1. The number of aromatic nitrogens is 1. The second-order valence-electron chi connectivity index (χ2n) is 4.97. The van der Waals surface area contributed by atoms with E-state index in [1.807, 2.05) is 43.3 Å². The highest BCUT2D eigenvalue weighted by molar-refractivity contribution is 5.78. The number of rotatable bonds is 4. The number of para-hydroxylation sites is 1. The van der Waals surface area contributed by atoms with Crippen LogP contribution in [0.2, 0.25) is 0 Å². The van der Waals surface area contributed by atoms with E-state index < -0.39 is 0 Å². The van der Waals surface area contributed by atoms with Crippen molar-refractivity contribution in [1.82, 2.24) is 10.3 Å². The van der Waals surface area contributed by atoms with E-state index in [9.17, 15) is 4.39 Å². The maximum Gasteiger partial charge on any atom is 0.123 e. The van der Waals surface area contributed by atoms with Crippen molar-refractivity contribution in [2.24, 2.45) is 0 Å². The van der Waals surface area contributed by atoms with Gasteiger partial charge in [0.1, 0.15) is 5.82 Å². The molecule has 2 aromatic carbocycles. The highest BCUT2D eigenvalue weighted by Gasteiger charge is 2.15. The SMILES string of the molecule is CCNC(c1cccc(F)c1)c1ccc2ccccc2n1. The first-order chi connectivity index (χ1) is 10.3. The topological polar surface area (TPSA) is 24.9 Å². The molecule has 0 saturated heterocycles. The van der Waals surface area contributed by atoms with Crippen molar-refractivity contribution in [1.29, 1.82) is 0 Å². The molecule has 3 rings (SSSR count). The number of hydrogen-bond donors (Lipinski definition) is 1. The first kappa shape index (κ1) is 13.7. The summed E-state index contributed by atoms with van der Waals surface area (Å²) in [5.74, 6) is -0.226. The average Bonchev–Trinajstić information content (AvgIpc) is 2.52. The Kier molecular flexibility index (Phi) is 3.93. The molecular formula is C18H17FN2. The zero-order valence-electron chi connectivity index (χ0n) is 11.9. The maximum absolute atomic E-state index is 13.5. The standard InChI is InChI=1S/C18H17FN2/c1-2-20-18(14-7-5-8-15(19)12-14)17-11-10-13-6-3-4-9-16(13)21-17/h3-12,18,20H,2H2,1H3. The smallest absolute Gasteiger partial charge is 0.123 e. The number of benzene rings is 2. The lowest BCUT2D eigenvalue weighted by atomic mass is 10.0. The van der Waals surface area contributed by atoms with Gasteiger partial charge in [-0.15, -0.1) is 0 Å². The highest BCUT2D eigenvalue weighted by atomic mass is 19.1. The molecule has 0 aliphatic carbocycles. The molecule has 1 atom stereocenters. The molecule has 106 valence electrons. The molecule has 1 aromatic heterocycles. The van der Waals surface area contributed by atoms with Crippen molar-refractivity contribution in [3.8, 4) is 0 Å². The largest absolute Gasteiger partial charge is 0.305 e. The molecule has 0 radical (unpaired) electrons. The Balaban J connectivity index is 2.06. The Labute approximate surface area is 123 Å². The van der Waals surface area contributed by atoms with Crippen LogP contribution in [0.5, 0.6) is 0 Å². The minimum absolute atomic E-state index is 0.102. The van der Waals surface area contributed by atoms with Crippen molar-refractivity contribution in [3.63, 3.8) is 0 Å². The fourth-order valence-corrected chi connectivity index (χ4v) is 2.53. The molecule has 0 bridgehead atoms. The third kappa shape index (κ3) is 2.93. The molecule has 0 amide bonds. The van der Waals surface area contributed by atoms with E-state index >= 15 is 0 Å². The van der Waals surface area contributed by atoms with Crippen LogP contribution in [-0.2, 0) is 0 Å². The predicted molar refractivity (Wildman–Crippen MR) is 83.7 cm³/mol. The lowest BCUT2D eigenvalue weighted by molar-refractivity contribution is 0.596. The van der Waals surface area contributed by atoms with E-state index in [4.69, 9.17) is 4.98 Å². The van der Waals surface area contributed by atoms with Crippen LogP contribution in [0.3, 0.4) is 0 Å². The quantitative estimate of drug-likeness (QED) is 0.779. The molecule has 0 spiro atoms. The molecule has 21 heavy (non-hydrogen) atoms. The summed E-state index contributed by atoms with van der Waals surface area (Å²) in [5.41, 5.74) is 2.75. The van der Waals surface area contributed by atoms with Crippen LogP contribution in [0.25, 0.3) is 10.9 Å². The summed E-state index contributed by atoms with van der Waals surface area (Å²) in [6.07, 6.45) is 0. The van der Waals surface area contributed by atoms with E-state index in [0.29, 0.717) is 0 Å². The van der Waals surface area contributed by atoms with Gasteiger partial charge < -0.3 is 5.32 Å². The number of pyridine rings is 1. The second-order valence-corrected chi connectivity index (χ2v) is 4.97. The van der Waals surface area contributed by atoms with Crippen LogP contribution >= 0.6 is 0 Å². The Morgan fingerprint density at radius 3 is 2.71 bits per heavy atom. The third-order valence-corrected chi connectivity index (χ3v) is 3.51. The number of halogens is 1. The van der Waals surface area contributed by atoms with Gasteiger partial charge in [0.05, 0.1) is 17.3 Å². The molecule has 1 heterocycles. The van der Waals surface area contributed by atoms with Gasteiger partial charge in [0.2, 0.25) is 0 Å². The Morgan fingerprint density at radius 1 is 1.05 bits per heavy atom. The van der Waals surface area contributed by atoms with E-state index in [1.54, 1.807) is 12.1 Å². The average molecular weight is 280 g/mol. The molecule has 1 N–H and O–H groups in total. The summed E-state index contributed by atoms with van der Waals surface area (Å²) in [6, 6.07) is 18.6. The van der Waals surface area contributed by atoms with E-state index in [0.717, 1.165) is 28.7 Å². The molecule has 3 heteroatoms. The molecule has 1 unspecified atom stereocenters. The summed E-state index contributed by atoms with van der Waals surface area (Å²) >= 11 is 0. The summed E-state index contributed by atoms with van der Waals surface area (Å²) in [7, 11) is 0. The highest BCUT2D eigenvalue weighted by Crippen LogP contribution is 2.23. The number of hydrogen-bond acceptors (Lipinski definition) is 2. The molecule has 2 nitrogen and oxygen atoms in total. The first-order valence-corrected chi connectivity index (χ1v) is 7.12.